The Morgan fingerprint density at radius 1 is 1.63 bits per heavy atom. The van der Waals surface area contributed by atoms with Gasteiger partial charge in [0.05, 0.1) is 23.7 Å². The lowest BCUT2D eigenvalue weighted by molar-refractivity contribution is -0.0458. The maximum atomic E-state index is 13.3. The molecule has 0 spiro atoms. The molecule has 0 unspecified atom stereocenters. The van der Waals surface area contributed by atoms with Gasteiger partial charge in [-0.1, -0.05) is 15.9 Å². The van der Waals surface area contributed by atoms with Gasteiger partial charge >= 0.3 is 5.69 Å². The molecule has 0 bridgehead atoms. The lowest BCUT2D eigenvalue weighted by atomic mass is 10.2. The molecular formula is C9H12BrClFN3O4. The third-order valence-electron chi connectivity index (χ3n) is 2.68. The minimum Gasteiger partial charge on any atom is -0.394 e. The second-order valence-corrected chi connectivity index (χ2v) is 4.90. The van der Waals surface area contributed by atoms with Crippen LogP contribution in [0, 0.1) is 5.82 Å². The normalized spacial score (nSPS) is 30.1. The van der Waals surface area contributed by atoms with E-state index in [1.165, 1.54) is 0 Å². The molecule has 4 atom stereocenters. The van der Waals surface area contributed by atoms with Crippen LogP contribution in [-0.4, -0.2) is 43.4 Å². The van der Waals surface area contributed by atoms with Crippen molar-refractivity contribution in [3.8, 4) is 0 Å². The van der Waals surface area contributed by atoms with E-state index in [9.17, 15) is 14.3 Å². The molecule has 0 radical (unpaired) electrons. The summed E-state index contributed by atoms with van der Waals surface area (Å²) in [5.74, 6) is -1.36. The molecule has 10 heteroatoms. The summed E-state index contributed by atoms with van der Waals surface area (Å²) < 4.78 is 19.4. The molecule has 1 aromatic heterocycles. The molecule has 7 nitrogen and oxygen atoms in total. The topological polar surface area (TPSA) is 111 Å². The highest BCUT2D eigenvalue weighted by molar-refractivity contribution is 9.09. The molecule has 1 saturated heterocycles. The van der Waals surface area contributed by atoms with Gasteiger partial charge in [0, 0.05) is 0 Å². The molecule has 1 aliphatic heterocycles. The molecule has 1 aliphatic rings. The Bertz CT molecular complexity index is 517. The average Bonchev–Trinajstić information content (AvgIpc) is 2.61. The zero-order chi connectivity index (χ0) is 13.4. The maximum absolute atomic E-state index is 13.3. The summed E-state index contributed by atoms with van der Waals surface area (Å²) in [4.78, 5) is 14.2. The number of rotatable bonds is 2. The second-order valence-electron chi connectivity index (χ2n) is 3.85. The number of anilines is 1. The second kappa shape index (κ2) is 6.14. The van der Waals surface area contributed by atoms with Crippen molar-refractivity contribution >= 4 is 34.2 Å². The molecule has 4 N–H and O–H groups in total. The Balaban J connectivity index is 0.00000180. The Hall–Kier alpha value is -0.740. The van der Waals surface area contributed by atoms with Gasteiger partial charge in [-0.2, -0.15) is 4.98 Å². The number of alkyl halides is 1. The van der Waals surface area contributed by atoms with E-state index in [4.69, 9.17) is 15.6 Å². The largest absolute Gasteiger partial charge is 0.394 e. The van der Waals surface area contributed by atoms with Gasteiger partial charge in [0.2, 0.25) is 0 Å². The van der Waals surface area contributed by atoms with Crippen LogP contribution in [0.15, 0.2) is 11.0 Å². The quantitative estimate of drug-likeness (QED) is 0.608. The predicted octanol–water partition coefficient (Wildman–Crippen LogP) is -0.599. The fourth-order valence-electron chi connectivity index (χ4n) is 1.72. The number of aliphatic hydroxyl groups excluding tert-OH is 2. The van der Waals surface area contributed by atoms with Crippen molar-refractivity contribution in [3.63, 3.8) is 0 Å². The Morgan fingerprint density at radius 2 is 2.26 bits per heavy atom. The highest BCUT2D eigenvalue weighted by Gasteiger charge is 2.43. The van der Waals surface area contributed by atoms with Crippen molar-refractivity contribution in [2.45, 2.75) is 23.3 Å². The Kier molecular flexibility index (Phi) is 5.27. The number of aliphatic hydroxyl groups is 2. The van der Waals surface area contributed by atoms with Gasteiger partial charge in [0.25, 0.3) is 0 Å². The summed E-state index contributed by atoms with van der Waals surface area (Å²) in [6.07, 6.45) is -1.98. The van der Waals surface area contributed by atoms with Crippen LogP contribution in [0.5, 0.6) is 0 Å². The third kappa shape index (κ3) is 2.90. The summed E-state index contributed by atoms with van der Waals surface area (Å²) in [5.41, 5.74) is 4.37. The van der Waals surface area contributed by atoms with Gasteiger partial charge in [-0.3, -0.25) is 4.57 Å². The zero-order valence-electron chi connectivity index (χ0n) is 9.44. The van der Waals surface area contributed by atoms with E-state index < -0.39 is 47.2 Å². The highest BCUT2D eigenvalue weighted by atomic mass is 79.9. The smallest absolute Gasteiger partial charge is 0.351 e. The molecule has 19 heavy (non-hydrogen) atoms. The van der Waals surface area contributed by atoms with E-state index in [0.29, 0.717) is 0 Å². The first kappa shape index (κ1) is 16.3. The monoisotopic (exact) mass is 359 g/mol. The van der Waals surface area contributed by atoms with Gasteiger partial charge in [-0.25, -0.2) is 9.18 Å². The summed E-state index contributed by atoms with van der Waals surface area (Å²) in [7, 11) is 0. The number of hydrogen-bond acceptors (Lipinski definition) is 6. The number of nitrogens with two attached hydrogens (primary N) is 1. The van der Waals surface area contributed by atoms with Gasteiger partial charge < -0.3 is 20.7 Å². The average molecular weight is 361 g/mol. The van der Waals surface area contributed by atoms with Crippen molar-refractivity contribution in [1.29, 1.82) is 0 Å². The standard InChI is InChI=1S/C9H11BrFN3O4.ClH/c10-5-6(16)4(2-15)18-8(5)14-1-3(11)7(12)13-9(14)17;/h1,4-6,8,15-16H,2H2,(H2,12,13,17);1H/t4-,5-,6-,8-;/m1./s1. The SMILES string of the molecule is Cl.Nc1nc(=O)n([C@@H]2O[C@H](CO)[C@@H](O)[C@H]2Br)cc1F. The summed E-state index contributed by atoms with van der Waals surface area (Å²) >= 11 is 3.14. The summed E-state index contributed by atoms with van der Waals surface area (Å²) in [6, 6.07) is 0. The van der Waals surface area contributed by atoms with E-state index in [1.807, 2.05) is 0 Å². The van der Waals surface area contributed by atoms with Crippen LogP contribution >= 0.6 is 28.3 Å². The van der Waals surface area contributed by atoms with Gasteiger partial charge in [-0.05, 0) is 0 Å². The van der Waals surface area contributed by atoms with E-state index in [2.05, 4.69) is 20.9 Å². The van der Waals surface area contributed by atoms with E-state index in [1.54, 1.807) is 0 Å². The number of nitrogen functional groups attached to an aromatic ring is 1. The third-order valence-corrected chi connectivity index (χ3v) is 3.68. The summed E-state index contributed by atoms with van der Waals surface area (Å²) in [5, 5.41) is 18.7. The van der Waals surface area contributed by atoms with Crippen LogP contribution < -0.4 is 11.4 Å². The molecule has 2 rings (SSSR count). The maximum Gasteiger partial charge on any atom is 0.351 e. The summed E-state index contributed by atoms with van der Waals surface area (Å²) in [6.45, 7) is -0.417. The van der Waals surface area contributed by atoms with Crippen LogP contribution in [-0.2, 0) is 4.74 Å². The lowest BCUT2D eigenvalue weighted by Gasteiger charge is -2.16. The van der Waals surface area contributed by atoms with E-state index in [0.717, 1.165) is 10.8 Å². The van der Waals surface area contributed by atoms with Gasteiger partial charge in [0.1, 0.15) is 6.10 Å². The molecule has 1 aromatic rings. The first-order valence-corrected chi connectivity index (χ1v) is 6.00. The van der Waals surface area contributed by atoms with Crippen molar-refractivity contribution < 1.29 is 19.3 Å². The molecule has 108 valence electrons. The Labute approximate surface area is 121 Å². The van der Waals surface area contributed by atoms with E-state index >= 15 is 0 Å². The van der Waals surface area contributed by atoms with Crippen LogP contribution in [0.1, 0.15) is 6.23 Å². The van der Waals surface area contributed by atoms with Crippen molar-refractivity contribution in [1.82, 2.24) is 9.55 Å². The molecule has 1 fully saturated rings. The number of halogens is 3. The number of hydrogen-bond donors (Lipinski definition) is 3. The lowest BCUT2D eigenvalue weighted by Crippen LogP contribution is -2.33. The van der Waals surface area contributed by atoms with Crippen LogP contribution in [0.25, 0.3) is 0 Å². The molecule has 0 aromatic carbocycles. The molecule has 0 saturated carbocycles. The molecule has 0 aliphatic carbocycles. The van der Waals surface area contributed by atoms with Gasteiger partial charge in [-0.15, -0.1) is 12.4 Å². The van der Waals surface area contributed by atoms with Crippen molar-refractivity contribution in [2.24, 2.45) is 0 Å². The fraction of sp³-hybridized carbons (Fsp3) is 0.556. The van der Waals surface area contributed by atoms with Crippen LogP contribution in [0.2, 0.25) is 0 Å². The first-order valence-electron chi connectivity index (χ1n) is 5.08. The van der Waals surface area contributed by atoms with Crippen LogP contribution in [0.4, 0.5) is 10.2 Å². The fourth-order valence-corrected chi connectivity index (χ4v) is 2.44. The molecular weight excluding hydrogens is 348 g/mol. The van der Waals surface area contributed by atoms with Crippen molar-refractivity contribution in [2.75, 3.05) is 12.3 Å². The van der Waals surface area contributed by atoms with Crippen molar-refractivity contribution in [3.05, 3.63) is 22.5 Å². The number of aromatic nitrogens is 2. The van der Waals surface area contributed by atoms with Gasteiger partial charge in [0.15, 0.2) is 17.9 Å². The minimum atomic E-state index is -1.02. The first-order chi connectivity index (χ1) is 8.45. The predicted molar refractivity (Wildman–Crippen MR) is 69.8 cm³/mol. The molecule has 2 heterocycles. The molecule has 0 amide bonds. The number of nitrogens with zero attached hydrogens (tertiary/aromatic N) is 2. The zero-order valence-corrected chi connectivity index (χ0v) is 11.8. The number of ether oxygens (including phenoxy) is 1. The Morgan fingerprint density at radius 3 is 2.79 bits per heavy atom. The minimum absolute atomic E-state index is 0. The van der Waals surface area contributed by atoms with E-state index in [-0.39, 0.29) is 12.4 Å². The van der Waals surface area contributed by atoms with Crippen LogP contribution in [0.3, 0.4) is 0 Å². The highest BCUT2D eigenvalue weighted by Crippen LogP contribution is 2.33.